The standard InChI is InChI=1S/C13H18N4O2/c1-3-5-17-9(2)11(7-14-17)13-15-12(16-19-13)10-4-6-18-8-10/h7,10H,3-6,8H2,1-2H3/t10-/m0/s1. The molecule has 2 aromatic heterocycles. The van der Waals surface area contributed by atoms with Crippen molar-refractivity contribution in [3.05, 3.63) is 17.7 Å². The van der Waals surface area contributed by atoms with Gasteiger partial charge in [0.2, 0.25) is 0 Å². The van der Waals surface area contributed by atoms with Gasteiger partial charge in [-0.2, -0.15) is 10.1 Å². The van der Waals surface area contributed by atoms with Gasteiger partial charge >= 0.3 is 0 Å². The van der Waals surface area contributed by atoms with Crippen LogP contribution in [0.4, 0.5) is 0 Å². The lowest BCUT2D eigenvalue weighted by atomic mass is 10.1. The predicted molar refractivity (Wildman–Crippen MR) is 68.7 cm³/mol. The Hall–Kier alpha value is -1.69. The second-order valence-electron chi connectivity index (χ2n) is 4.89. The van der Waals surface area contributed by atoms with Crippen LogP contribution in [0.3, 0.4) is 0 Å². The average molecular weight is 262 g/mol. The topological polar surface area (TPSA) is 66.0 Å². The molecule has 0 N–H and O–H groups in total. The van der Waals surface area contributed by atoms with Gasteiger partial charge in [0.15, 0.2) is 5.82 Å². The molecule has 1 atom stereocenters. The van der Waals surface area contributed by atoms with Gasteiger partial charge < -0.3 is 9.26 Å². The SMILES string of the molecule is CCCn1ncc(-c2nc([C@H]3CCOC3)no2)c1C. The minimum absolute atomic E-state index is 0.267. The number of nitrogens with zero attached hydrogens (tertiary/aromatic N) is 4. The molecule has 0 radical (unpaired) electrons. The molecule has 1 aliphatic rings. The van der Waals surface area contributed by atoms with Gasteiger partial charge in [0, 0.05) is 24.8 Å². The third-order valence-corrected chi connectivity index (χ3v) is 3.51. The van der Waals surface area contributed by atoms with E-state index in [9.17, 15) is 0 Å². The Morgan fingerprint density at radius 3 is 3.11 bits per heavy atom. The van der Waals surface area contributed by atoms with E-state index in [4.69, 9.17) is 9.26 Å². The molecule has 3 heterocycles. The van der Waals surface area contributed by atoms with Crippen molar-refractivity contribution in [1.82, 2.24) is 19.9 Å². The van der Waals surface area contributed by atoms with Gasteiger partial charge in [-0.1, -0.05) is 12.1 Å². The van der Waals surface area contributed by atoms with Gasteiger partial charge in [-0.3, -0.25) is 4.68 Å². The first-order valence-corrected chi connectivity index (χ1v) is 6.73. The van der Waals surface area contributed by atoms with E-state index >= 15 is 0 Å². The van der Waals surface area contributed by atoms with Crippen LogP contribution in [0.5, 0.6) is 0 Å². The maximum atomic E-state index is 5.37. The number of hydrogen-bond acceptors (Lipinski definition) is 5. The Balaban J connectivity index is 1.85. The summed E-state index contributed by atoms with van der Waals surface area (Å²) in [4.78, 5) is 4.49. The summed E-state index contributed by atoms with van der Waals surface area (Å²) < 4.78 is 12.7. The Labute approximate surface area is 111 Å². The summed E-state index contributed by atoms with van der Waals surface area (Å²) in [6.45, 7) is 6.53. The highest BCUT2D eigenvalue weighted by molar-refractivity contribution is 5.54. The Morgan fingerprint density at radius 1 is 1.47 bits per heavy atom. The van der Waals surface area contributed by atoms with E-state index in [1.165, 1.54) is 0 Å². The van der Waals surface area contributed by atoms with Crippen molar-refractivity contribution in [2.75, 3.05) is 13.2 Å². The molecule has 3 rings (SSSR count). The highest BCUT2D eigenvalue weighted by atomic mass is 16.5. The Kier molecular flexibility index (Phi) is 3.33. The molecule has 0 spiro atoms. The van der Waals surface area contributed by atoms with Crippen LogP contribution in [0, 0.1) is 6.92 Å². The van der Waals surface area contributed by atoms with E-state index in [0.717, 1.165) is 43.1 Å². The summed E-state index contributed by atoms with van der Waals surface area (Å²) in [6.07, 6.45) is 3.82. The molecular weight excluding hydrogens is 244 g/mol. The maximum Gasteiger partial charge on any atom is 0.261 e. The van der Waals surface area contributed by atoms with Gasteiger partial charge in [-0.05, 0) is 19.8 Å². The fourth-order valence-electron chi connectivity index (χ4n) is 2.34. The van der Waals surface area contributed by atoms with Crippen LogP contribution in [0.25, 0.3) is 11.5 Å². The summed E-state index contributed by atoms with van der Waals surface area (Å²) in [7, 11) is 0. The summed E-state index contributed by atoms with van der Waals surface area (Å²) in [5.41, 5.74) is 1.99. The van der Waals surface area contributed by atoms with E-state index in [2.05, 4.69) is 22.2 Å². The van der Waals surface area contributed by atoms with Gasteiger partial charge in [0.1, 0.15) is 0 Å². The van der Waals surface area contributed by atoms with Crippen LogP contribution in [-0.4, -0.2) is 33.1 Å². The van der Waals surface area contributed by atoms with E-state index in [1.54, 1.807) is 6.20 Å². The van der Waals surface area contributed by atoms with Crippen LogP contribution in [0.15, 0.2) is 10.7 Å². The first-order valence-electron chi connectivity index (χ1n) is 6.73. The van der Waals surface area contributed by atoms with Crippen molar-refractivity contribution in [1.29, 1.82) is 0 Å². The summed E-state index contributed by atoms with van der Waals surface area (Å²) in [5, 5.41) is 8.42. The number of aromatic nitrogens is 4. The molecule has 1 fully saturated rings. The molecule has 1 saturated heterocycles. The molecule has 2 aromatic rings. The maximum absolute atomic E-state index is 5.37. The molecule has 0 amide bonds. The van der Waals surface area contributed by atoms with E-state index in [0.29, 0.717) is 12.5 Å². The number of aryl methyl sites for hydroxylation is 1. The highest BCUT2D eigenvalue weighted by Crippen LogP contribution is 2.26. The van der Waals surface area contributed by atoms with Crippen molar-refractivity contribution in [2.45, 2.75) is 39.2 Å². The molecule has 6 nitrogen and oxygen atoms in total. The van der Waals surface area contributed by atoms with Crippen molar-refractivity contribution in [3.63, 3.8) is 0 Å². The second kappa shape index (κ2) is 5.13. The predicted octanol–water partition coefficient (Wildman–Crippen LogP) is 2.16. The zero-order valence-corrected chi connectivity index (χ0v) is 11.3. The first-order chi connectivity index (χ1) is 9.29. The molecule has 0 unspecified atom stereocenters. The summed E-state index contributed by atoms with van der Waals surface area (Å²) in [6, 6.07) is 0. The fraction of sp³-hybridized carbons (Fsp3) is 0.615. The molecule has 0 bridgehead atoms. The third-order valence-electron chi connectivity index (χ3n) is 3.51. The van der Waals surface area contributed by atoms with Gasteiger partial charge in [0.25, 0.3) is 5.89 Å². The largest absolute Gasteiger partial charge is 0.381 e. The van der Waals surface area contributed by atoms with E-state index < -0.39 is 0 Å². The zero-order valence-electron chi connectivity index (χ0n) is 11.3. The molecule has 1 aliphatic heterocycles. The Morgan fingerprint density at radius 2 is 2.37 bits per heavy atom. The second-order valence-corrected chi connectivity index (χ2v) is 4.89. The summed E-state index contributed by atoms with van der Waals surface area (Å²) >= 11 is 0. The first kappa shape index (κ1) is 12.3. The summed E-state index contributed by atoms with van der Waals surface area (Å²) in [5.74, 6) is 1.57. The monoisotopic (exact) mass is 262 g/mol. The molecule has 102 valence electrons. The fourth-order valence-corrected chi connectivity index (χ4v) is 2.34. The average Bonchev–Trinajstić information content (AvgIpc) is 3.10. The van der Waals surface area contributed by atoms with Crippen LogP contribution in [0.1, 0.15) is 37.2 Å². The van der Waals surface area contributed by atoms with Crippen molar-refractivity contribution in [2.24, 2.45) is 0 Å². The molecular formula is C13H18N4O2. The minimum atomic E-state index is 0.267. The lowest BCUT2D eigenvalue weighted by Crippen LogP contribution is -2.01. The molecule has 0 aliphatic carbocycles. The van der Waals surface area contributed by atoms with Gasteiger partial charge in [-0.25, -0.2) is 0 Å². The van der Waals surface area contributed by atoms with Crippen LogP contribution < -0.4 is 0 Å². The van der Waals surface area contributed by atoms with Crippen LogP contribution in [-0.2, 0) is 11.3 Å². The third kappa shape index (κ3) is 2.28. The normalized spacial score (nSPS) is 19.2. The zero-order chi connectivity index (χ0) is 13.2. The van der Waals surface area contributed by atoms with E-state index in [1.807, 2.05) is 11.6 Å². The van der Waals surface area contributed by atoms with Crippen molar-refractivity contribution < 1.29 is 9.26 Å². The lowest BCUT2D eigenvalue weighted by Gasteiger charge is -2.01. The van der Waals surface area contributed by atoms with Crippen LogP contribution in [0.2, 0.25) is 0 Å². The molecule has 0 aromatic carbocycles. The van der Waals surface area contributed by atoms with Crippen LogP contribution >= 0.6 is 0 Å². The smallest absolute Gasteiger partial charge is 0.261 e. The number of hydrogen-bond donors (Lipinski definition) is 0. The molecule has 6 heteroatoms. The number of rotatable bonds is 4. The lowest BCUT2D eigenvalue weighted by molar-refractivity contribution is 0.192. The van der Waals surface area contributed by atoms with E-state index in [-0.39, 0.29) is 5.92 Å². The number of ether oxygens (including phenoxy) is 1. The van der Waals surface area contributed by atoms with Crippen molar-refractivity contribution in [3.8, 4) is 11.5 Å². The quantitative estimate of drug-likeness (QED) is 0.844. The Bertz CT molecular complexity index is 555. The van der Waals surface area contributed by atoms with Gasteiger partial charge in [-0.15, -0.1) is 0 Å². The van der Waals surface area contributed by atoms with Crippen molar-refractivity contribution >= 4 is 0 Å². The minimum Gasteiger partial charge on any atom is -0.381 e. The molecule has 0 saturated carbocycles. The highest BCUT2D eigenvalue weighted by Gasteiger charge is 2.24. The molecule has 19 heavy (non-hydrogen) atoms. The van der Waals surface area contributed by atoms with Gasteiger partial charge in [0.05, 0.1) is 18.4 Å².